The Kier molecular flexibility index (Phi) is 6.86. The molecule has 3 heteroatoms. The number of carbonyl (C=O) groups is 1. The second kappa shape index (κ2) is 8.40. The summed E-state index contributed by atoms with van der Waals surface area (Å²) < 4.78 is 0. The van der Waals surface area contributed by atoms with Gasteiger partial charge in [-0.05, 0) is 37.8 Å². The summed E-state index contributed by atoms with van der Waals surface area (Å²) >= 11 is 0. The predicted molar refractivity (Wildman–Crippen MR) is 88.6 cm³/mol. The molecule has 1 rings (SSSR count). The standard InChI is InChI=1S/C18H25NO2/c1-5-13(3)15(6-2)11-10-14(4)19-12-16-17(20)8-7-9-18(16)21/h10-12,20H,3,5-9H2,1-2,4H3/b14-10+,15-11-,19-12?. The first-order valence-corrected chi connectivity index (χ1v) is 7.54. The van der Waals surface area contributed by atoms with E-state index in [4.69, 9.17) is 0 Å². The first-order valence-electron chi connectivity index (χ1n) is 7.54. The first-order chi connectivity index (χ1) is 9.99. The van der Waals surface area contributed by atoms with Crippen molar-refractivity contribution >= 4 is 12.0 Å². The molecular formula is C18H25NO2. The molecule has 114 valence electrons. The first kappa shape index (κ1) is 17.2. The fraction of sp³-hybridized carbons (Fsp3) is 0.444. The monoisotopic (exact) mass is 287 g/mol. The highest BCUT2D eigenvalue weighted by Gasteiger charge is 2.18. The van der Waals surface area contributed by atoms with Crippen molar-refractivity contribution in [3.63, 3.8) is 0 Å². The lowest BCUT2D eigenvalue weighted by Crippen LogP contribution is -2.12. The van der Waals surface area contributed by atoms with Crippen molar-refractivity contribution in [3.8, 4) is 0 Å². The Hall–Kier alpha value is -1.90. The molecule has 0 atom stereocenters. The molecule has 0 spiro atoms. The van der Waals surface area contributed by atoms with Gasteiger partial charge in [0.25, 0.3) is 0 Å². The van der Waals surface area contributed by atoms with Crippen LogP contribution in [0, 0.1) is 0 Å². The maximum Gasteiger partial charge on any atom is 0.167 e. The highest BCUT2D eigenvalue weighted by molar-refractivity contribution is 6.14. The van der Waals surface area contributed by atoms with Crippen LogP contribution in [0.1, 0.15) is 52.9 Å². The molecule has 3 nitrogen and oxygen atoms in total. The van der Waals surface area contributed by atoms with E-state index < -0.39 is 0 Å². The van der Waals surface area contributed by atoms with Crippen LogP contribution in [-0.4, -0.2) is 17.1 Å². The van der Waals surface area contributed by atoms with Crippen LogP contribution < -0.4 is 0 Å². The van der Waals surface area contributed by atoms with Gasteiger partial charge in [0.15, 0.2) is 5.78 Å². The molecule has 1 aliphatic rings. The lowest BCUT2D eigenvalue weighted by atomic mass is 9.97. The fourth-order valence-electron chi connectivity index (χ4n) is 2.14. The molecular weight excluding hydrogens is 262 g/mol. The Bertz CT molecular complexity index is 533. The van der Waals surface area contributed by atoms with E-state index in [0.717, 1.165) is 30.5 Å². The molecule has 1 aliphatic carbocycles. The zero-order valence-corrected chi connectivity index (χ0v) is 13.3. The molecule has 0 saturated carbocycles. The lowest BCUT2D eigenvalue weighted by Gasteiger charge is -2.11. The molecule has 0 amide bonds. The molecule has 0 fully saturated rings. The van der Waals surface area contributed by atoms with E-state index in [1.165, 1.54) is 11.8 Å². The highest BCUT2D eigenvalue weighted by atomic mass is 16.3. The zero-order valence-electron chi connectivity index (χ0n) is 13.3. The van der Waals surface area contributed by atoms with Gasteiger partial charge in [-0.3, -0.25) is 9.79 Å². The molecule has 1 N–H and O–H groups in total. The molecule has 0 aromatic heterocycles. The maximum absolute atomic E-state index is 11.7. The van der Waals surface area contributed by atoms with E-state index >= 15 is 0 Å². The molecule has 0 heterocycles. The average Bonchev–Trinajstić information content (AvgIpc) is 2.47. The van der Waals surface area contributed by atoms with E-state index in [1.807, 2.05) is 19.1 Å². The van der Waals surface area contributed by atoms with Crippen molar-refractivity contribution in [2.45, 2.75) is 52.9 Å². The number of hydrogen-bond acceptors (Lipinski definition) is 3. The Balaban J connectivity index is 2.84. The van der Waals surface area contributed by atoms with E-state index in [2.05, 4.69) is 25.4 Å². The summed E-state index contributed by atoms with van der Waals surface area (Å²) in [5.41, 5.74) is 3.49. The summed E-state index contributed by atoms with van der Waals surface area (Å²) in [6.45, 7) is 10.1. The van der Waals surface area contributed by atoms with Crippen LogP contribution in [0.4, 0.5) is 0 Å². The van der Waals surface area contributed by atoms with E-state index in [1.54, 1.807) is 0 Å². The van der Waals surface area contributed by atoms with Crippen molar-refractivity contribution in [2.75, 3.05) is 0 Å². The minimum absolute atomic E-state index is 0.0283. The van der Waals surface area contributed by atoms with Crippen LogP contribution in [0.2, 0.25) is 0 Å². The minimum atomic E-state index is -0.0283. The third-order valence-corrected chi connectivity index (χ3v) is 3.61. The summed E-state index contributed by atoms with van der Waals surface area (Å²) in [6.07, 6.45) is 9.07. The van der Waals surface area contributed by atoms with Gasteiger partial charge in [0.2, 0.25) is 0 Å². The number of Topliss-reactive ketones (excluding diaryl/α,β-unsaturated/α-hetero) is 1. The quantitative estimate of drug-likeness (QED) is 0.562. The van der Waals surface area contributed by atoms with Gasteiger partial charge >= 0.3 is 0 Å². The normalized spacial score (nSPS) is 17.8. The van der Waals surface area contributed by atoms with Gasteiger partial charge in [-0.2, -0.15) is 0 Å². The number of nitrogens with zero attached hydrogens (tertiary/aromatic N) is 1. The average molecular weight is 287 g/mol. The predicted octanol–water partition coefficient (Wildman–Crippen LogP) is 4.83. The number of carbonyl (C=O) groups excluding carboxylic acids is 1. The smallest absolute Gasteiger partial charge is 0.167 e. The van der Waals surface area contributed by atoms with Gasteiger partial charge in [-0.1, -0.05) is 32.1 Å². The summed E-state index contributed by atoms with van der Waals surface area (Å²) in [6, 6.07) is 0. The van der Waals surface area contributed by atoms with Crippen molar-refractivity contribution in [1.82, 2.24) is 0 Å². The summed E-state index contributed by atoms with van der Waals surface area (Å²) in [5.74, 6) is 0.131. The number of aliphatic imine (C=N–C) groups is 1. The van der Waals surface area contributed by atoms with Crippen LogP contribution in [0.3, 0.4) is 0 Å². The SMILES string of the molecule is C=C(CC)/C(=C\C=C(/C)N=CC1=C(O)CCCC1=O)CC. The lowest BCUT2D eigenvalue weighted by molar-refractivity contribution is -0.115. The van der Waals surface area contributed by atoms with Crippen LogP contribution in [0.15, 0.2) is 51.9 Å². The van der Waals surface area contributed by atoms with Gasteiger partial charge in [0, 0.05) is 24.8 Å². The number of aliphatic hydroxyl groups is 1. The number of allylic oxidation sites excluding steroid dienone is 7. The van der Waals surface area contributed by atoms with Gasteiger partial charge in [0.05, 0.1) is 5.57 Å². The summed E-state index contributed by atoms with van der Waals surface area (Å²) in [7, 11) is 0. The third kappa shape index (κ3) is 5.18. The molecule has 21 heavy (non-hydrogen) atoms. The molecule has 0 aromatic rings. The Morgan fingerprint density at radius 2 is 2.00 bits per heavy atom. The highest BCUT2D eigenvalue weighted by Crippen LogP contribution is 2.19. The zero-order chi connectivity index (χ0) is 15.8. The van der Waals surface area contributed by atoms with Gasteiger partial charge < -0.3 is 5.11 Å². The topological polar surface area (TPSA) is 49.7 Å². The molecule has 0 aromatic carbocycles. The van der Waals surface area contributed by atoms with Gasteiger partial charge in [0.1, 0.15) is 5.76 Å². The maximum atomic E-state index is 11.7. The van der Waals surface area contributed by atoms with Crippen LogP contribution in [0.25, 0.3) is 0 Å². The van der Waals surface area contributed by atoms with Crippen molar-refractivity contribution in [1.29, 1.82) is 0 Å². The number of hydrogen-bond donors (Lipinski definition) is 1. The Morgan fingerprint density at radius 3 is 2.57 bits per heavy atom. The van der Waals surface area contributed by atoms with E-state index in [0.29, 0.717) is 18.4 Å². The van der Waals surface area contributed by atoms with Crippen LogP contribution >= 0.6 is 0 Å². The van der Waals surface area contributed by atoms with Crippen molar-refractivity contribution in [3.05, 3.63) is 46.9 Å². The summed E-state index contributed by atoms with van der Waals surface area (Å²) in [4.78, 5) is 16.0. The van der Waals surface area contributed by atoms with E-state index in [9.17, 15) is 9.90 Å². The van der Waals surface area contributed by atoms with Gasteiger partial charge in [-0.25, -0.2) is 0 Å². The number of rotatable bonds is 6. The largest absolute Gasteiger partial charge is 0.512 e. The minimum Gasteiger partial charge on any atom is -0.512 e. The Labute approximate surface area is 127 Å². The van der Waals surface area contributed by atoms with E-state index in [-0.39, 0.29) is 11.5 Å². The molecule has 0 saturated heterocycles. The molecule has 0 aliphatic heterocycles. The third-order valence-electron chi connectivity index (χ3n) is 3.61. The van der Waals surface area contributed by atoms with Crippen LogP contribution in [-0.2, 0) is 4.79 Å². The second-order valence-electron chi connectivity index (χ2n) is 5.21. The molecule has 0 radical (unpaired) electrons. The Morgan fingerprint density at radius 1 is 1.29 bits per heavy atom. The van der Waals surface area contributed by atoms with Crippen LogP contribution in [0.5, 0.6) is 0 Å². The summed E-state index contributed by atoms with van der Waals surface area (Å²) in [5, 5.41) is 9.74. The van der Waals surface area contributed by atoms with Crippen molar-refractivity contribution in [2.24, 2.45) is 4.99 Å². The molecule has 0 unspecified atom stereocenters. The second-order valence-corrected chi connectivity index (χ2v) is 5.21. The fourth-order valence-corrected chi connectivity index (χ4v) is 2.14. The van der Waals surface area contributed by atoms with Gasteiger partial charge in [-0.15, -0.1) is 0 Å². The number of aliphatic hydroxyl groups excluding tert-OH is 1. The number of ketones is 1. The van der Waals surface area contributed by atoms with Crippen molar-refractivity contribution < 1.29 is 9.90 Å². The molecule has 0 bridgehead atoms.